The first kappa shape index (κ1) is 18.6. The quantitative estimate of drug-likeness (QED) is 0.875. The van der Waals surface area contributed by atoms with Crippen LogP contribution >= 0.6 is 0 Å². The molecule has 2 aromatic rings. The van der Waals surface area contributed by atoms with Crippen LogP contribution in [-0.2, 0) is 4.79 Å². The molecule has 3 rings (SSSR count). The Morgan fingerprint density at radius 3 is 2.44 bits per heavy atom. The van der Waals surface area contributed by atoms with E-state index in [9.17, 15) is 9.59 Å². The minimum absolute atomic E-state index is 0.0828. The first-order valence-corrected chi connectivity index (χ1v) is 8.64. The highest BCUT2D eigenvalue weighted by atomic mass is 16.5. The van der Waals surface area contributed by atoms with E-state index in [0.717, 1.165) is 0 Å². The fourth-order valence-corrected chi connectivity index (χ4v) is 3.08. The van der Waals surface area contributed by atoms with Crippen molar-refractivity contribution in [2.45, 2.75) is 20.0 Å². The van der Waals surface area contributed by atoms with Crippen LogP contribution in [0.1, 0.15) is 24.2 Å². The van der Waals surface area contributed by atoms with E-state index in [-0.39, 0.29) is 11.8 Å². The monoisotopic (exact) mass is 370 g/mol. The highest BCUT2D eigenvalue weighted by molar-refractivity contribution is 6.08. The van der Waals surface area contributed by atoms with Crippen molar-refractivity contribution in [3.63, 3.8) is 0 Å². The summed E-state index contributed by atoms with van der Waals surface area (Å²) in [5.41, 5.74) is 1.54. The number of benzene rings is 2. The lowest BCUT2D eigenvalue weighted by molar-refractivity contribution is -0.125. The topological polar surface area (TPSA) is 77.1 Å². The van der Waals surface area contributed by atoms with Crippen LogP contribution in [0.25, 0.3) is 0 Å². The lowest BCUT2D eigenvalue weighted by Gasteiger charge is -2.32. The summed E-state index contributed by atoms with van der Waals surface area (Å²) in [4.78, 5) is 26.7. The Bertz CT molecular complexity index is 858. The Morgan fingerprint density at radius 2 is 1.85 bits per heavy atom. The average molecular weight is 370 g/mol. The summed E-state index contributed by atoms with van der Waals surface area (Å²) in [6.07, 6.45) is -0.572. The Kier molecular flexibility index (Phi) is 5.21. The number of fused-ring (bicyclic) bond motifs is 1. The average Bonchev–Trinajstić information content (AvgIpc) is 2.68. The summed E-state index contributed by atoms with van der Waals surface area (Å²) in [5.74, 6) is 0.931. The standard InChI is InChI=1S/C20H22N2O5/c1-5-22-14-10-9-13(11-17(14)27-12(2)20(22)24)21-19(23)18-15(25-3)7-6-8-16(18)26-4/h6-12H,5H2,1-4H3,(H,21,23). The molecule has 0 aliphatic carbocycles. The number of carbonyl (C=O) groups excluding carboxylic acids is 2. The SMILES string of the molecule is CCN1C(=O)C(C)Oc2cc(NC(=O)c3c(OC)cccc3OC)ccc21. The Morgan fingerprint density at radius 1 is 1.19 bits per heavy atom. The summed E-state index contributed by atoms with van der Waals surface area (Å²) in [6, 6.07) is 10.3. The van der Waals surface area contributed by atoms with Gasteiger partial charge >= 0.3 is 0 Å². The van der Waals surface area contributed by atoms with Crippen LogP contribution in [0.3, 0.4) is 0 Å². The van der Waals surface area contributed by atoms with Gasteiger partial charge in [-0.3, -0.25) is 9.59 Å². The summed E-state index contributed by atoms with van der Waals surface area (Å²) >= 11 is 0. The highest BCUT2D eigenvalue weighted by Crippen LogP contribution is 2.37. The maximum Gasteiger partial charge on any atom is 0.267 e. The molecule has 0 fully saturated rings. The lowest BCUT2D eigenvalue weighted by Crippen LogP contribution is -2.44. The molecule has 1 unspecified atom stereocenters. The molecule has 0 aromatic heterocycles. The number of rotatable bonds is 5. The number of nitrogens with one attached hydrogen (secondary N) is 1. The van der Waals surface area contributed by atoms with E-state index in [1.807, 2.05) is 6.92 Å². The van der Waals surface area contributed by atoms with Crippen molar-refractivity contribution < 1.29 is 23.8 Å². The molecular formula is C20H22N2O5. The number of hydrogen-bond acceptors (Lipinski definition) is 5. The molecule has 0 saturated carbocycles. The van der Waals surface area contributed by atoms with Crippen LogP contribution in [0.15, 0.2) is 36.4 Å². The van der Waals surface area contributed by atoms with Gasteiger partial charge in [0, 0.05) is 18.3 Å². The normalized spacial score (nSPS) is 15.6. The van der Waals surface area contributed by atoms with Crippen LogP contribution in [0.5, 0.6) is 17.2 Å². The van der Waals surface area contributed by atoms with Crippen LogP contribution in [0, 0.1) is 0 Å². The molecule has 1 heterocycles. The molecule has 0 bridgehead atoms. The van der Waals surface area contributed by atoms with E-state index < -0.39 is 6.10 Å². The molecule has 1 atom stereocenters. The number of amides is 2. The first-order valence-electron chi connectivity index (χ1n) is 8.64. The lowest BCUT2D eigenvalue weighted by atomic mass is 10.1. The van der Waals surface area contributed by atoms with E-state index in [1.54, 1.807) is 48.2 Å². The fraction of sp³-hybridized carbons (Fsp3) is 0.300. The van der Waals surface area contributed by atoms with Crippen molar-refractivity contribution in [1.82, 2.24) is 0 Å². The summed E-state index contributed by atoms with van der Waals surface area (Å²) in [6.45, 7) is 4.16. The molecule has 0 saturated heterocycles. The second-order valence-corrected chi connectivity index (χ2v) is 6.02. The number of likely N-dealkylation sites (N-methyl/N-ethyl adjacent to an activating group) is 1. The first-order chi connectivity index (χ1) is 13.0. The van der Waals surface area contributed by atoms with Crippen molar-refractivity contribution in [3.8, 4) is 17.2 Å². The predicted molar refractivity (Wildman–Crippen MR) is 102 cm³/mol. The van der Waals surface area contributed by atoms with E-state index in [4.69, 9.17) is 14.2 Å². The van der Waals surface area contributed by atoms with Gasteiger partial charge in [0.2, 0.25) is 0 Å². The van der Waals surface area contributed by atoms with Crippen LogP contribution in [0.2, 0.25) is 0 Å². The smallest absolute Gasteiger partial charge is 0.267 e. The molecule has 1 aliphatic heterocycles. The van der Waals surface area contributed by atoms with Gasteiger partial charge in [-0.15, -0.1) is 0 Å². The number of carbonyl (C=O) groups is 2. The predicted octanol–water partition coefficient (Wildman–Crippen LogP) is 3.09. The molecule has 1 N–H and O–H groups in total. The van der Waals surface area contributed by atoms with Crippen LogP contribution in [0.4, 0.5) is 11.4 Å². The molecule has 2 aromatic carbocycles. The van der Waals surface area contributed by atoms with Crippen molar-refractivity contribution in [2.24, 2.45) is 0 Å². The molecule has 7 heteroatoms. The highest BCUT2D eigenvalue weighted by Gasteiger charge is 2.30. The maximum atomic E-state index is 12.8. The van der Waals surface area contributed by atoms with Gasteiger partial charge in [0.25, 0.3) is 11.8 Å². The third kappa shape index (κ3) is 3.40. The van der Waals surface area contributed by atoms with E-state index in [0.29, 0.717) is 40.7 Å². The summed E-state index contributed by atoms with van der Waals surface area (Å²) in [7, 11) is 2.99. The second-order valence-electron chi connectivity index (χ2n) is 6.02. The second kappa shape index (κ2) is 7.57. The Balaban J connectivity index is 1.91. The van der Waals surface area contributed by atoms with Gasteiger partial charge < -0.3 is 24.4 Å². The van der Waals surface area contributed by atoms with Crippen molar-refractivity contribution in [2.75, 3.05) is 31.0 Å². The van der Waals surface area contributed by atoms with Crippen molar-refractivity contribution in [1.29, 1.82) is 0 Å². The zero-order chi connectivity index (χ0) is 19.6. The number of methoxy groups -OCH3 is 2. The van der Waals surface area contributed by atoms with Crippen molar-refractivity contribution >= 4 is 23.2 Å². The van der Waals surface area contributed by atoms with E-state index in [2.05, 4.69) is 5.32 Å². The number of hydrogen-bond donors (Lipinski definition) is 1. The van der Waals surface area contributed by atoms with Gasteiger partial charge in [0.15, 0.2) is 6.10 Å². The molecule has 0 spiro atoms. The third-order valence-corrected chi connectivity index (χ3v) is 4.40. The fourth-order valence-electron chi connectivity index (χ4n) is 3.08. The molecular weight excluding hydrogens is 348 g/mol. The van der Waals surface area contributed by atoms with Gasteiger partial charge in [-0.05, 0) is 38.1 Å². The van der Waals surface area contributed by atoms with Gasteiger partial charge in [-0.25, -0.2) is 0 Å². The Labute approximate surface area is 157 Å². The summed E-state index contributed by atoms with van der Waals surface area (Å²) < 4.78 is 16.3. The van der Waals surface area contributed by atoms with Crippen LogP contribution < -0.4 is 24.4 Å². The van der Waals surface area contributed by atoms with Gasteiger partial charge in [-0.1, -0.05) is 6.07 Å². The molecule has 1 aliphatic rings. The molecule has 2 amide bonds. The number of nitrogens with zero attached hydrogens (tertiary/aromatic N) is 1. The van der Waals surface area contributed by atoms with Crippen LogP contribution in [-0.4, -0.2) is 38.7 Å². The van der Waals surface area contributed by atoms with Crippen molar-refractivity contribution in [3.05, 3.63) is 42.0 Å². The minimum atomic E-state index is -0.572. The molecule has 0 radical (unpaired) electrons. The minimum Gasteiger partial charge on any atom is -0.496 e. The zero-order valence-electron chi connectivity index (χ0n) is 15.7. The van der Waals surface area contributed by atoms with Gasteiger partial charge in [0.05, 0.1) is 19.9 Å². The molecule has 7 nitrogen and oxygen atoms in total. The Hall–Kier alpha value is -3.22. The molecule has 27 heavy (non-hydrogen) atoms. The van der Waals surface area contributed by atoms with E-state index in [1.165, 1.54) is 14.2 Å². The van der Waals surface area contributed by atoms with Gasteiger partial charge in [0.1, 0.15) is 22.8 Å². The third-order valence-electron chi connectivity index (χ3n) is 4.40. The number of ether oxygens (including phenoxy) is 3. The maximum absolute atomic E-state index is 12.8. The van der Waals surface area contributed by atoms with E-state index >= 15 is 0 Å². The number of anilines is 2. The van der Waals surface area contributed by atoms with Gasteiger partial charge in [-0.2, -0.15) is 0 Å². The molecule has 142 valence electrons. The zero-order valence-corrected chi connectivity index (χ0v) is 15.7. The summed E-state index contributed by atoms with van der Waals surface area (Å²) in [5, 5.41) is 2.83. The largest absolute Gasteiger partial charge is 0.496 e.